The number of nitrogens with one attached hydrogen (secondary N) is 1. The van der Waals surface area contributed by atoms with Gasteiger partial charge in [0.2, 0.25) is 0 Å². The van der Waals surface area contributed by atoms with Crippen molar-refractivity contribution in [1.82, 2.24) is 15.5 Å². The smallest absolute Gasteiger partial charge is 0.263 e. The Bertz CT molecular complexity index is 639. The summed E-state index contributed by atoms with van der Waals surface area (Å²) in [7, 11) is 0. The van der Waals surface area contributed by atoms with Gasteiger partial charge in [-0.2, -0.15) is 5.10 Å². The molecule has 1 aliphatic carbocycles. The first-order chi connectivity index (χ1) is 9.65. The zero-order valence-electron chi connectivity index (χ0n) is 11.4. The van der Waals surface area contributed by atoms with Gasteiger partial charge in [-0.25, -0.2) is 0 Å². The van der Waals surface area contributed by atoms with Gasteiger partial charge in [0.25, 0.3) is 5.91 Å². The molecule has 3 N–H and O–H groups in total. The Morgan fingerprint density at radius 2 is 2.35 bits per heavy atom. The van der Waals surface area contributed by atoms with Gasteiger partial charge in [0, 0.05) is 11.4 Å². The molecule has 106 valence electrons. The molecule has 2 aromatic rings. The standard InChI is InChI=1S/C14H18N4OS/c1-8-3-2-4-9(7-8)17-13(19)12-11(15)10-5-6-16-18-14(10)20-12/h5-6,8-9H,2-4,7,15H2,1H3,(H,17,19). The lowest BCUT2D eigenvalue weighted by Gasteiger charge is -2.27. The van der Waals surface area contributed by atoms with Crippen LogP contribution in [-0.2, 0) is 0 Å². The molecular formula is C14H18N4OS. The number of rotatable bonds is 2. The van der Waals surface area contributed by atoms with E-state index in [1.807, 2.05) is 0 Å². The van der Waals surface area contributed by atoms with E-state index in [4.69, 9.17) is 5.73 Å². The molecule has 1 saturated carbocycles. The van der Waals surface area contributed by atoms with E-state index in [0.29, 0.717) is 21.3 Å². The van der Waals surface area contributed by atoms with Crippen molar-refractivity contribution >= 4 is 33.1 Å². The number of thiophene rings is 1. The van der Waals surface area contributed by atoms with Gasteiger partial charge in [0.05, 0.1) is 11.9 Å². The number of anilines is 1. The Morgan fingerprint density at radius 3 is 3.10 bits per heavy atom. The van der Waals surface area contributed by atoms with E-state index in [-0.39, 0.29) is 11.9 Å². The molecule has 0 spiro atoms. The van der Waals surface area contributed by atoms with Crippen LogP contribution in [-0.4, -0.2) is 22.1 Å². The molecular weight excluding hydrogens is 272 g/mol. The van der Waals surface area contributed by atoms with Crippen LogP contribution in [0.15, 0.2) is 12.3 Å². The highest BCUT2D eigenvalue weighted by Gasteiger charge is 2.23. The van der Waals surface area contributed by atoms with Crippen LogP contribution >= 0.6 is 11.3 Å². The second-order valence-corrected chi connectivity index (χ2v) is 6.54. The molecule has 0 aliphatic heterocycles. The number of hydrogen-bond donors (Lipinski definition) is 2. The normalized spacial score (nSPS) is 22.9. The van der Waals surface area contributed by atoms with E-state index in [1.54, 1.807) is 12.3 Å². The summed E-state index contributed by atoms with van der Waals surface area (Å²) >= 11 is 1.31. The maximum absolute atomic E-state index is 12.4. The second-order valence-electron chi connectivity index (χ2n) is 5.54. The first-order valence-corrected chi connectivity index (χ1v) is 7.77. The molecule has 3 rings (SSSR count). The van der Waals surface area contributed by atoms with Crippen molar-refractivity contribution in [2.45, 2.75) is 38.6 Å². The lowest BCUT2D eigenvalue weighted by Crippen LogP contribution is -2.37. The monoisotopic (exact) mass is 290 g/mol. The van der Waals surface area contributed by atoms with Gasteiger partial charge in [-0.1, -0.05) is 19.8 Å². The van der Waals surface area contributed by atoms with Crippen LogP contribution < -0.4 is 11.1 Å². The van der Waals surface area contributed by atoms with E-state index in [1.165, 1.54) is 24.2 Å². The quantitative estimate of drug-likeness (QED) is 0.890. The summed E-state index contributed by atoms with van der Waals surface area (Å²) in [6.07, 6.45) is 6.14. The van der Waals surface area contributed by atoms with Gasteiger partial charge >= 0.3 is 0 Å². The largest absolute Gasteiger partial charge is 0.397 e. The molecule has 1 amide bonds. The van der Waals surface area contributed by atoms with Crippen molar-refractivity contribution in [3.63, 3.8) is 0 Å². The third kappa shape index (κ3) is 2.47. The SMILES string of the molecule is CC1CCCC(NC(=O)c2sc3nnccc3c2N)C1. The average molecular weight is 290 g/mol. The van der Waals surface area contributed by atoms with Gasteiger partial charge in [-0.05, 0) is 24.8 Å². The average Bonchev–Trinajstić information content (AvgIpc) is 2.77. The van der Waals surface area contributed by atoms with E-state index in [2.05, 4.69) is 22.4 Å². The number of carbonyl (C=O) groups is 1. The maximum Gasteiger partial charge on any atom is 0.263 e. The lowest BCUT2D eigenvalue weighted by molar-refractivity contribution is 0.0926. The van der Waals surface area contributed by atoms with Crippen molar-refractivity contribution < 1.29 is 4.79 Å². The van der Waals surface area contributed by atoms with Crippen LogP contribution in [0.3, 0.4) is 0 Å². The summed E-state index contributed by atoms with van der Waals surface area (Å²) < 4.78 is 0. The number of nitrogens with two attached hydrogens (primary N) is 1. The topological polar surface area (TPSA) is 80.9 Å². The first-order valence-electron chi connectivity index (χ1n) is 6.95. The summed E-state index contributed by atoms with van der Waals surface area (Å²) in [4.78, 5) is 13.7. The number of fused-ring (bicyclic) bond motifs is 1. The Hall–Kier alpha value is -1.69. The minimum absolute atomic E-state index is 0.0791. The molecule has 5 nitrogen and oxygen atoms in total. The van der Waals surface area contributed by atoms with Gasteiger partial charge < -0.3 is 11.1 Å². The number of hydrogen-bond acceptors (Lipinski definition) is 5. The van der Waals surface area contributed by atoms with Crippen LogP contribution in [0.4, 0.5) is 5.69 Å². The predicted molar refractivity (Wildman–Crippen MR) is 80.7 cm³/mol. The summed E-state index contributed by atoms with van der Waals surface area (Å²) in [5, 5.41) is 11.8. The van der Waals surface area contributed by atoms with Crippen LogP contribution in [0.5, 0.6) is 0 Å². The molecule has 1 fully saturated rings. The van der Waals surface area contributed by atoms with Gasteiger partial charge in [0.1, 0.15) is 9.71 Å². The second kappa shape index (κ2) is 5.36. The third-order valence-electron chi connectivity index (χ3n) is 3.90. The predicted octanol–water partition coefficient (Wildman–Crippen LogP) is 2.58. The summed E-state index contributed by atoms with van der Waals surface area (Å²) in [5.74, 6) is 0.601. The number of aromatic nitrogens is 2. The highest BCUT2D eigenvalue weighted by Crippen LogP contribution is 2.32. The Kier molecular flexibility index (Phi) is 3.56. The molecule has 2 aromatic heterocycles. The number of nitrogen functional groups attached to an aromatic ring is 1. The molecule has 0 aromatic carbocycles. The van der Waals surface area contributed by atoms with Gasteiger partial charge in [-0.15, -0.1) is 16.4 Å². The fourth-order valence-electron chi connectivity index (χ4n) is 2.86. The fraction of sp³-hybridized carbons (Fsp3) is 0.500. The summed E-state index contributed by atoms with van der Waals surface area (Å²) in [6, 6.07) is 2.06. The number of amides is 1. The van der Waals surface area contributed by atoms with Crippen LogP contribution in [0.25, 0.3) is 10.2 Å². The third-order valence-corrected chi connectivity index (χ3v) is 5.00. The number of nitrogens with zero attached hydrogens (tertiary/aromatic N) is 2. The molecule has 0 radical (unpaired) electrons. The highest BCUT2D eigenvalue weighted by atomic mass is 32.1. The maximum atomic E-state index is 12.4. The Morgan fingerprint density at radius 1 is 1.50 bits per heavy atom. The molecule has 2 unspecified atom stereocenters. The molecule has 6 heteroatoms. The van der Waals surface area contributed by atoms with E-state index in [0.717, 1.165) is 18.2 Å². The van der Waals surface area contributed by atoms with Crippen molar-refractivity contribution in [3.8, 4) is 0 Å². The summed E-state index contributed by atoms with van der Waals surface area (Å²) in [5.41, 5.74) is 6.57. The molecule has 20 heavy (non-hydrogen) atoms. The fourth-order valence-corrected chi connectivity index (χ4v) is 3.80. The Labute approximate surface area is 121 Å². The molecule has 0 saturated heterocycles. The molecule has 2 atom stereocenters. The first kappa shape index (κ1) is 13.3. The highest BCUT2D eigenvalue weighted by molar-refractivity contribution is 7.21. The van der Waals surface area contributed by atoms with E-state index in [9.17, 15) is 4.79 Å². The van der Waals surface area contributed by atoms with Crippen molar-refractivity contribution in [1.29, 1.82) is 0 Å². The minimum Gasteiger partial charge on any atom is -0.397 e. The van der Waals surface area contributed by atoms with Gasteiger partial charge in [0.15, 0.2) is 0 Å². The summed E-state index contributed by atoms with van der Waals surface area (Å²) in [6.45, 7) is 2.24. The van der Waals surface area contributed by atoms with Crippen molar-refractivity contribution in [2.24, 2.45) is 5.92 Å². The van der Waals surface area contributed by atoms with Crippen LogP contribution in [0.2, 0.25) is 0 Å². The molecule has 2 heterocycles. The number of carbonyl (C=O) groups excluding carboxylic acids is 1. The van der Waals surface area contributed by atoms with Gasteiger partial charge in [-0.3, -0.25) is 4.79 Å². The molecule has 0 bridgehead atoms. The van der Waals surface area contributed by atoms with E-state index < -0.39 is 0 Å². The van der Waals surface area contributed by atoms with Crippen molar-refractivity contribution in [2.75, 3.05) is 5.73 Å². The zero-order chi connectivity index (χ0) is 14.1. The minimum atomic E-state index is -0.0791. The molecule has 1 aliphatic rings. The van der Waals surface area contributed by atoms with E-state index >= 15 is 0 Å². The van der Waals surface area contributed by atoms with Crippen molar-refractivity contribution in [3.05, 3.63) is 17.1 Å². The Balaban J connectivity index is 1.80. The zero-order valence-corrected chi connectivity index (χ0v) is 12.2. The lowest BCUT2D eigenvalue weighted by atomic mass is 9.87. The van der Waals surface area contributed by atoms with Crippen LogP contribution in [0.1, 0.15) is 42.3 Å². The van der Waals surface area contributed by atoms with Crippen LogP contribution in [0, 0.1) is 5.92 Å².